The molecule has 1 amide bonds. The summed E-state index contributed by atoms with van der Waals surface area (Å²) in [7, 11) is 0. The Morgan fingerprint density at radius 2 is 2.18 bits per heavy atom. The number of carbonyl (C=O) groups is 1. The molecule has 144 valence electrons. The molecule has 0 fully saturated rings. The molecule has 0 aliphatic rings. The number of hydrogen-bond donors (Lipinski definition) is 2. The summed E-state index contributed by atoms with van der Waals surface area (Å²) in [6, 6.07) is 12.1. The second-order valence-corrected chi connectivity index (χ2v) is 6.47. The van der Waals surface area contributed by atoms with Gasteiger partial charge in [-0.1, -0.05) is 13.0 Å². The topological polar surface area (TPSA) is 109 Å². The fraction of sp³-hybridized carbons (Fsp3) is 0.300. The van der Waals surface area contributed by atoms with Gasteiger partial charge in [-0.3, -0.25) is 4.79 Å². The summed E-state index contributed by atoms with van der Waals surface area (Å²) < 4.78 is 10.9. The fourth-order valence-electron chi connectivity index (χ4n) is 2.90. The van der Waals surface area contributed by atoms with Crippen LogP contribution in [0.25, 0.3) is 11.7 Å². The van der Waals surface area contributed by atoms with Crippen LogP contribution in [0.1, 0.15) is 31.7 Å². The van der Waals surface area contributed by atoms with Crippen LogP contribution in [0, 0.1) is 11.3 Å². The van der Waals surface area contributed by atoms with E-state index >= 15 is 0 Å². The highest BCUT2D eigenvalue weighted by atomic mass is 16.4. The summed E-state index contributed by atoms with van der Waals surface area (Å²) >= 11 is 0. The summed E-state index contributed by atoms with van der Waals surface area (Å²) in [5.74, 6) is 1.14. The van der Waals surface area contributed by atoms with Crippen molar-refractivity contribution in [3.63, 3.8) is 0 Å². The minimum Gasteiger partial charge on any atom is -0.459 e. The average Bonchev–Trinajstić information content (AvgIpc) is 3.39. The van der Waals surface area contributed by atoms with Gasteiger partial charge in [0, 0.05) is 5.69 Å². The molecule has 0 aliphatic carbocycles. The molecule has 3 rings (SSSR count). The van der Waals surface area contributed by atoms with Gasteiger partial charge in [0.1, 0.15) is 0 Å². The second-order valence-electron chi connectivity index (χ2n) is 6.47. The molecule has 0 saturated carbocycles. The van der Waals surface area contributed by atoms with E-state index in [0.717, 1.165) is 17.9 Å². The lowest BCUT2D eigenvalue weighted by Gasteiger charge is -2.23. The van der Waals surface area contributed by atoms with Crippen LogP contribution in [0.3, 0.4) is 0 Å². The lowest BCUT2D eigenvalue weighted by atomic mass is 10.2. The Hall–Kier alpha value is -3.44. The normalized spacial score (nSPS) is 12.9. The van der Waals surface area contributed by atoms with Crippen LogP contribution in [-0.4, -0.2) is 28.7 Å². The first-order chi connectivity index (χ1) is 13.6. The Balaban J connectivity index is 1.68. The van der Waals surface area contributed by atoms with Crippen LogP contribution in [0.5, 0.6) is 0 Å². The van der Waals surface area contributed by atoms with Crippen molar-refractivity contribution in [2.75, 3.05) is 11.9 Å². The molecule has 0 aliphatic heterocycles. The number of anilines is 1. The standard InChI is InChI=1S/C20H21N5O3/c1-3-9-25(13-18-23-24-20(28-18)17-8-5-10-27-17)14(2)19(26)22-16-7-4-6-15(11-16)12-21/h4-8,10-11,14H,3,9,13H2,1-2H3,(H,22,26)/p+1/t14-/m0/s1. The summed E-state index contributed by atoms with van der Waals surface area (Å²) in [6.45, 7) is 5.11. The minimum absolute atomic E-state index is 0.135. The van der Waals surface area contributed by atoms with Gasteiger partial charge in [-0.05, 0) is 43.7 Å². The zero-order chi connectivity index (χ0) is 19.9. The van der Waals surface area contributed by atoms with Crippen LogP contribution in [0.4, 0.5) is 5.69 Å². The lowest BCUT2D eigenvalue weighted by Crippen LogP contribution is -3.15. The molecule has 0 bridgehead atoms. The van der Waals surface area contributed by atoms with Crippen LogP contribution in [0.2, 0.25) is 0 Å². The summed E-state index contributed by atoms with van der Waals surface area (Å²) in [4.78, 5) is 13.7. The average molecular weight is 380 g/mol. The molecule has 0 spiro atoms. The maximum absolute atomic E-state index is 12.7. The highest BCUT2D eigenvalue weighted by Crippen LogP contribution is 2.17. The van der Waals surface area contributed by atoms with Crippen LogP contribution in [-0.2, 0) is 11.3 Å². The highest BCUT2D eigenvalue weighted by Gasteiger charge is 2.27. The second kappa shape index (κ2) is 8.97. The van der Waals surface area contributed by atoms with E-state index in [1.165, 1.54) is 0 Å². The largest absolute Gasteiger partial charge is 0.459 e. The number of amides is 1. The molecule has 3 aromatic rings. The van der Waals surface area contributed by atoms with E-state index in [0.29, 0.717) is 35.3 Å². The molecule has 28 heavy (non-hydrogen) atoms. The Labute approximate surface area is 162 Å². The molecule has 8 nitrogen and oxygen atoms in total. The van der Waals surface area contributed by atoms with Crippen molar-refractivity contribution < 1.29 is 18.5 Å². The first-order valence-electron chi connectivity index (χ1n) is 9.12. The molecule has 0 saturated heterocycles. The summed E-state index contributed by atoms with van der Waals surface area (Å²) in [6.07, 6.45) is 2.44. The molecule has 1 aromatic carbocycles. The first-order valence-corrected chi connectivity index (χ1v) is 9.12. The predicted octanol–water partition coefficient (Wildman–Crippen LogP) is 2.02. The Morgan fingerprint density at radius 1 is 1.32 bits per heavy atom. The van der Waals surface area contributed by atoms with Gasteiger partial charge in [0.25, 0.3) is 17.7 Å². The van der Waals surface area contributed by atoms with Crippen LogP contribution < -0.4 is 10.2 Å². The molecular formula is C20H22N5O3+. The van der Waals surface area contributed by atoms with E-state index in [2.05, 4.69) is 28.5 Å². The van der Waals surface area contributed by atoms with E-state index in [1.807, 2.05) is 6.92 Å². The molecule has 8 heteroatoms. The first kappa shape index (κ1) is 19.3. The number of nitriles is 1. The van der Waals surface area contributed by atoms with E-state index in [1.54, 1.807) is 42.7 Å². The number of hydrogen-bond acceptors (Lipinski definition) is 6. The van der Waals surface area contributed by atoms with Crippen molar-refractivity contribution in [3.05, 3.63) is 54.1 Å². The Morgan fingerprint density at radius 3 is 2.89 bits per heavy atom. The SMILES string of the molecule is CCC[NH+](Cc1nnc(-c2ccco2)o1)[C@@H](C)C(=O)Nc1cccc(C#N)c1. The van der Waals surface area contributed by atoms with E-state index in [4.69, 9.17) is 14.1 Å². The van der Waals surface area contributed by atoms with Gasteiger partial charge in [-0.15, -0.1) is 10.2 Å². The number of rotatable bonds is 8. The number of quaternary nitrogens is 1. The van der Waals surface area contributed by atoms with Gasteiger partial charge in [0.05, 0.1) is 24.4 Å². The minimum atomic E-state index is -0.343. The van der Waals surface area contributed by atoms with Crippen molar-refractivity contribution in [2.45, 2.75) is 32.9 Å². The molecule has 2 atom stereocenters. The predicted molar refractivity (Wildman–Crippen MR) is 101 cm³/mol. The van der Waals surface area contributed by atoms with Crippen molar-refractivity contribution in [2.24, 2.45) is 0 Å². The quantitative estimate of drug-likeness (QED) is 0.619. The third-order valence-corrected chi connectivity index (χ3v) is 4.41. The Bertz CT molecular complexity index is 958. The fourth-order valence-corrected chi connectivity index (χ4v) is 2.90. The molecule has 0 radical (unpaired) electrons. The van der Waals surface area contributed by atoms with Gasteiger partial charge >= 0.3 is 0 Å². The maximum Gasteiger partial charge on any atom is 0.283 e. The monoisotopic (exact) mass is 380 g/mol. The number of nitrogens with zero attached hydrogens (tertiary/aromatic N) is 3. The highest BCUT2D eigenvalue weighted by molar-refractivity contribution is 5.93. The van der Waals surface area contributed by atoms with E-state index in [-0.39, 0.29) is 11.9 Å². The van der Waals surface area contributed by atoms with Gasteiger partial charge in [0.15, 0.2) is 18.3 Å². The zero-order valence-electron chi connectivity index (χ0n) is 15.8. The number of benzene rings is 1. The Kier molecular flexibility index (Phi) is 6.19. The number of furan rings is 1. The molecule has 1 unspecified atom stereocenters. The summed E-state index contributed by atoms with van der Waals surface area (Å²) in [5.41, 5.74) is 1.10. The van der Waals surface area contributed by atoms with Crippen molar-refractivity contribution >= 4 is 11.6 Å². The number of carbonyl (C=O) groups excluding carboxylic acids is 1. The molecule has 2 heterocycles. The lowest BCUT2D eigenvalue weighted by molar-refractivity contribution is -0.928. The van der Waals surface area contributed by atoms with Crippen molar-refractivity contribution in [1.29, 1.82) is 5.26 Å². The van der Waals surface area contributed by atoms with Gasteiger partial charge in [-0.25, -0.2) is 0 Å². The van der Waals surface area contributed by atoms with Crippen LogP contribution >= 0.6 is 0 Å². The van der Waals surface area contributed by atoms with E-state index in [9.17, 15) is 4.79 Å². The van der Waals surface area contributed by atoms with Gasteiger partial charge in [-0.2, -0.15) is 5.26 Å². The van der Waals surface area contributed by atoms with Crippen molar-refractivity contribution in [3.8, 4) is 17.7 Å². The van der Waals surface area contributed by atoms with Gasteiger partial charge < -0.3 is 19.1 Å². The number of nitrogens with one attached hydrogen (secondary N) is 2. The van der Waals surface area contributed by atoms with Crippen LogP contribution in [0.15, 0.2) is 51.5 Å². The van der Waals surface area contributed by atoms with E-state index < -0.39 is 0 Å². The number of aromatic nitrogens is 2. The van der Waals surface area contributed by atoms with Gasteiger partial charge in [0.2, 0.25) is 0 Å². The third kappa shape index (κ3) is 4.64. The zero-order valence-corrected chi connectivity index (χ0v) is 15.8. The molecule has 2 N–H and O–H groups in total. The molecular weight excluding hydrogens is 358 g/mol. The molecule has 2 aromatic heterocycles. The smallest absolute Gasteiger partial charge is 0.283 e. The third-order valence-electron chi connectivity index (χ3n) is 4.41. The van der Waals surface area contributed by atoms with Crippen molar-refractivity contribution in [1.82, 2.24) is 10.2 Å². The summed E-state index contributed by atoms with van der Waals surface area (Å²) in [5, 5.41) is 20.0. The maximum atomic E-state index is 12.7.